The average Bonchev–Trinajstić information content (AvgIpc) is 3.51. The standard InChI is InChI=1S/C32H31N3O2S/c1-21(36)33-28-7-3-2-6-27(28)23-10-13-30-32(16-23)38-31-9-5-4-8-29(31)35(30)26-17-24-11-12-25(18-26)34(24)19-22-14-15-37-20-22/h2-10,13-16,20,24-26H,11-12,17-19H2,1H3,(H,33,36). The number of furan rings is 1. The van der Waals surface area contributed by atoms with Gasteiger partial charge in [0, 0.05) is 58.2 Å². The Hall–Kier alpha value is -3.48. The first kappa shape index (κ1) is 23.6. The number of nitrogens with one attached hydrogen (secondary N) is 1. The Bertz CT molecular complexity index is 1470. The molecule has 2 bridgehead atoms. The fourth-order valence-corrected chi connectivity index (χ4v) is 7.80. The topological polar surface area (TPSA) is 48.7 Å². The molecule has 4 aromatic rings. The van der Waals surface area contributed by atoms with Crippen LogP contribution in [-0.4, -0.2) is 28.9 Å². The molecule has 0 aliphatic carbocycles. The zero-order valence-corrected chi connectivity index (χ0v) is 22.3. The number of carbonyl (C=O) groups excluding carboxylic acids is 1. The van der Waals surface area contributed by atoms with Gasteiger partial charge >= 0.3 is 0 Å². The lowest BCUT2D eigenvalue weighted by atomic mass is 9.93. The predicted molar refractivity (Wildman–Crippen MR) is 153 cm³/mol. The number of nitrogens with zero attached hydrogens (tertiary/aromatic N) is 2. The van der Waals surface area contributed by atoms with Crippen LogP contribution in [0.25, 0.3) is 11.1 Å². The average molecular weight is 522 g/mol. The van der Waals surface area contributed by atoms with Crippen molar-refractivity contribution >= 4 is 34.7 Å². The second-order valence-electron chi connectivity index (χ2n) is 10.7. The fourth-order valence-electron chi connectivity index (χ4n) is 6.69. The van der Waals surface area contributed by atoms with Gasteiger partial charge in [0.25, 0.3) is 0 Å². The van der Waals surface area contributed by atoms with E-state index in [-0.39, 0.29) is 5.91 Å². The number of hydrogen-bond donors (Lipinski definition) is 1. The van der Waals surface area contributed by atoms with Gasteiger partial charge in [-0.05, 0) is 67.6 Å². The van der Waals surface area contributed by atoms with Crippen molar-refractivity contribution in [1.82, 2.24) is 4.90 Å². The summed E-state index contributed by atoms with van der Waals surface area (Å²) in [5.74, 6) is -0.0568. The van der Waals surface area contributed by atoms with E-state index in [1.165, 1.54) is 52.4 Å². The molecule has 3 aromatic carbocycles. The van der Waals surface area contributed by atoms with E-state index in [9.17, 15) is 4.79 Å². The molecule has 1 N–H and O–H groups in total. The van der Waals surface area contributed by atoms with Crippen molar-refractivity contribution in [3.8, 4) is 11.1 Å². The van der Waals surface area contributed by atoms with E-state index < -0.39 is 0 Å². The van der Waals surface area contributed by atoms with Crippen molar-refractivity contribution in [1.29, 1.82) is 0 Å². The van der Waals surface area contributed by atoms with E-state index in [1.807, 2.05) is 36.2 Å². The van der Waals surface area contributed by atoms with Crippen LogP contribution in [0.3, 0.4) is 0 Å². The van der Waals surface area contributed by atoms with Gasteiger partial charge in [-0.2, -0.15) is 0 Å². The summed E-state index contributed by atoms with van der Waals surface area (Å²) in [6, 6.07) is 27.4. The largest absolute Gasteiger partial charge is 0.472 e. The molecule has 1 aromatic heterocycles. The van der Waals surface area contributed by atoms with Crippen LogP contribution < -0.4 is 10.2 Å². The molecule has 6 heteroatoms. The Labute approximate surface area is 227 Å². The molecule has 1 amide bonds. The molecular formula is C32H31N3O2S. The molecule has 2 fully saturated rings. The summed E-state index contributed by atoms with van der Waals surface area (Å²) in [5, 5.41) is 3.00. The van der Waals surface area contributed by atoms with Crippen LogP contribution in [0.1, 0.15) is 38.2 Å². The lowest BCUT2D eigenvalue weighted by Crippen LogP contribution is -2.49. The predicted octanol–water partition coefficient (Wildman–Crippen LogP) is 7.70. The van der Waals surface area contributed by atoms with Gasteiger partial charge in [0.2, 0.25) is 5.91 Å². The van der Waals surface area contributed by atoms with Crippen LogP contribution in [0.15, 0.2) is 99.5 Å². The van der Waals surface area contributed by atoms with Gasteiger partial charge in [-0.1, -0.05) is 48.2 Å². The molecule has 2 unspecified atom stereocenters. The molecule has 38 heavy (non-hydrogen) atoms. The van der Waals surface area contributed by atoms with E-state index >= 15 is 0 Å². The van der Waals surface area contributed by atoms with Crippen LogP contribution in [-0.2, 0) is 11.3 Å². The summed E-state index contributed by atoms with van der Waals surface area (Å²) in [6.45, 7) is 2.54. The molecule has 192 valence electrons. The van der Waals surface area contributed by atoms with Crippen molar-refractivity contribution in [2.45, 2.75) is 67.1 Å². The van der Waals surface area contributed by atoms with Crippen molar-refractivity contribution < 1.29 is 9.21 Å². The third-order valence-electron chi connectivity index (χ3n) is 8.28. The number of carbonyl (C=O) groups is 1. The highest BCUT2D eigenvalue weighted by molar-refractivity contribution is 7.99. The zero-order chi connectivity index (χ0) is 25.6. The number of benzene rings is 3. The Kier molecular flexibility index (Phi) is 6.02. The van der Waals surface area contributed by atoms with E-state index in [1.54, 1.807) is 13.2 Å². The maximum Gasteiger partial charge on any atom is 0.221 e. The molecule has 5 nitrogen and oxygen atoms in total. The van der Waals surface area contributed by atoms with Gasteiger partial charge in [0.05, 0.1) is 23.9 Å². The Balaban J connectivity index is 1.23. The van der Waals surface area contributed by atoms with Crippen molar-refractivity contribution in [2.75, 3.05) is 10.2 Å². The maximum absolute atomic E-state index is 11.8. The van der Waals surface area contributed by atoms with Gasteiger partial charge in [-0.25, -0.2) is 0 Å². The Morgan fingerprint density at radius 2 is 1.68 bits per heavy atom. The van der Waals surface area contributed by atoms with Gasteiger partial charge in [0.1, 0.15) is 0 Å². The molecule has 4 heterocycles. The van der Waals surface area contributed by atoms with Gasteiger partial charge in [-0.15, -0.1) is 0 Å². The molecule has 0 radical (unpaired) electrons. The second kappa shape index (κ2) is 9.68. The molecular weight excluding hydrogens is 490 g/mol. The van der Waals surface area contributed by atoms with Crippen molar-refractivity contribution in [3.63, 3.8) is 0 Å². The molecule has 3 aliphatic heterocycles. The summed E-state index contributed by atoms with van der Waals surface area (Å²) in [5.41, 5.74) is 6.90. The molecule has 2 saturated heterocycles. The number of anilines is 3. The quantitative estimate of drug-likeness (QED) is 0.292. The number of para-hydroxylation sites is 2. The maximum atomic E-state index is 11.8. The third-order valence-corrected chi connectivity index (χ3v) is 9.39. The SMILES string of the molecule is CC(=O)Nc1ccccc1-c1ccc2c(c1)Sc1ccccc1N2C1CC2CCC(C1)N2Cc1ccoc1. The highest BCUT2D eigenvalue weighted by atomic mass is 32.2. The van der Waals surface area contributed by atoms with E-state index in [2.05, 4.69) is 69.7 Å². The zero-order valence-electron chi connectivity index (χ0n) is 21.5. The summed E-state index contributed by atoms with van der Waals surface area (Å²) < 4.78 is 5.35. The van der Waals surface area contributed by atoms with Gasteiger partial charge in [0.15, 0.2) is 0 Å². The van der Waals surface area contributed by atoms with E-state index in [0.29, 0.717) is 18.1 Å². The number of amides is 1. The van der Waals surface area contributed by atoms with Crippen LogP contribution >= 0.6 is 11.8 Å². The van der Waals surface area contributed by atoms with E-state index in [0.717, 1.165) is 23.4 Å². The van der Waals surface area contributed by atoms with Crippen LogP contribution in [0, 0.1) is 0 Å². The second-order valence-corrected chi connectivity index (χ2v) is 11.7. The Morgan fingerprint density at radius 1 is 0.921 bits per heavy atom. The molecule has 0 saturated carbocycles. The van der Waals surface area contributed by atoms with Crippen LogP contribution in [0.5, 0.6) is 0 Å². The minimum atomic E-state index is -0.0568. The first-order valence-corrected chi connectivity index (χ1v) is 14.3. The number of rotatable bonds is 5. The molecule has 3 aliphatic rings. The smallest absolute Gasteiger partial charge is 0.221 e. The highest BCUT2D eigenvalue weighted by Crippen LogP contribution is 2.52. The first-order chi connectivity index (χ1) is 18.6. The first-order valence-electron chi connectivity index (χ1n) is 13.5. The van der Waals surface area contributed by atoms with Crippen molar-refractivity contribution in [3.05, 3.63) is 90.9 Å². The van der Waals surface area contributed by atoms with Gasteiger partial charge < -0.3 is 14.6 Å². The molecule has 7 rings (SSSR count). The van der Waals surface area contributed by atoms with Gasteiger partial charge in [-0.3, -0.25) is 9.69 Å². The lowest BCUT2D eigenvalue weighted by molar-refractivity contribution is -0.114. The summed E-state index contributed by atoms with van der Waals surface area (Å²) >= 11 is 1.85. The summed E-state index contributed by atoms with van der Waals surface area (Å²) in [4.78, 5) is 19.7. The normalized spacial score (nSPS) is 22.1. The summed E-state index contributed by atoms with van der Waals surface area (Å²) in [6.07, 6.45) is 8.55. The molecule has 0 spiro atoms. The third kappa shape index (κ3) is 4.22. The number of hydrogen-bond acceptors (Lipinski definition) is 5. The lowest BCUT2D eigenvalue weighted by Gasteiger charge is -2.46. The fraction of sp³-hybridized carbons (Fsp3) is 0.281. The highest BCUT2D eigenvalue weighted by Gasteiger charge is 2.44. The summed E-state index contributed by atoms with van der Waals surface area (Å²) in [7, 11) is 0. The minimum Gasteiger partial charge on any atom is -0.472 e. The Morgan fingerprint density at radius 3 is 2.47 bits per heavy atom. The minimum absolute atomic E-state index is 0.0568. The van der Waals surface area contributed by atoms with Crippen molar-refractivity contribution in [2.24, 2.45) is 0 Å². The number of fused-ring (bicyclic) bond motifs is 4. The molecule has 2 atom stereocenters. The van der Waals surface area contributed by atoms with E-state index in [4.69, 9.17) is 4.42 Å². The van der Waals surface area contributed by atoms with Crippen LogP contribution in [0.4, 0.5) is 17.1 Å². The number of piperidine rings is 1. The monoisotopic (exact) mass is 521 g/mol. The van der Waals surface area contributed by atoms with Crippen LogP contribution in [0.2, 0.25) is 0 Å².